The van der Waals surface area contributed by atoms with E-state index in [2.05, 4.69) is 54.5 Å². The Morgan fingerprint density at radius 2 is 1.57 bits per heavy atom. The molecule has 4 N–H and O–H groups in total. The van der Waals surface area contributed by atoms with Crippen molar-refractivity contribution in [2.24, 2.45) is 56.2 Å². The van der Waals surface area contributed by atoms with Gasteiger partial charge in [0, 0.05) is 0 Å². The highest BCUT2D eigenvalue weighted by Gasteiger charge is 2.69. The van der Waals surface area contributed by atoms with Crippen LogP contribution in [0.25, 0.3) is 0 Å². The van der Waals surface area contributed by atoms with Crippen LogP contribution in [-0.4, -0.2) is 57.4 Å². The number of hydrogen-bond donors (Lipinski definition) is 4. The maximum atomic E-state index is 12.9. The number of carbonyl (C=O) groups is 1. The topological polar surface area (TPSA) is 107 Å². The van der Waals surface area contributed by atoms with Crippen LogP contribution >= 0.6 is 0 Å². The number of carboxylic acids is 1. The molecule has 1 aliphatic heterocycles. The lowest BCUT2D eigenvalue weighted by molar-refractivity contribution is -0.213. The van der Waals surface area contributed by atoms with Gasteiger partial charge in [-0.1, -0.05) is 60.1 Å². The van der Waals surface area contributed by atoms with E-state index in [0.29, 0.717) is 24.2 Å². The average Bonchev–Trinajstić information content (AvgIpc) is 2.90. The summed E-state index contributed by atoms with van der Waals surface area (Å²) >= 11 is 0. The molecule has 238 valence electrons. The number of aliphatic hydroxyl groups excluding tert-OH is 3. The smallest absolute Gasteiger partial charge is 0.310 e. The number of fused-ring (bicyclic) bond motifs is 7. The molecule has 0 aromatic carbocycles. The fourth-order valence-corrected chi connectivity index (χ4v) is 12.5. The van der Waals surface area contributed by atoms with Crippen molar-refractivity contribution in [1.82, 2.24) is 0 Å². The highest BCUT2D eigenvalue weighted by atomic mass is 16.5. The van der Waals surface area contributed by atoms with Gasteiger partial charge in [-0.2, -0.15) is 0 Å². The van der Waals surface area contributed by atoms with E-state index in [0.717, 1.165) is 51.4 Å². The molecule has 0 bridgehead atoms. The van der Waals surface area contributed by atoms with Crippen LogP contribution in [0.3, 0.4) is 0 Å². The summed E-state index contributed by atoms with van der Waals surface area (Å²) in [4.78, 5) is 12.9. The Balaban J connectivity index is 1.30. The maximum absolute atomic E-state index is 12.9. The van der Waals surface area contributed by atoms with Crippen molar-refractivity contribution in [3.8, 4) is 0 Å². The molecule has 42 heavy (non-hydrogen) atoms. The van der Waals surface area contributed by atoms with Crippen molar-refractivity contribution in [1.29, 1.82) is 0 Å². The third kappa shape index (κ3) is 4.13. The fourth-order valence-electron chi connectivity index (χ4n) is 12.5. The third-order valence-electron chi connectivity index (χ3n) is 15.4. The zero-order valence-corrected chi connectivity index (χ0v) is 27.3. The molecule has 1 heterocycles. The number of ether oxygens (including phenoxy) is 1. The average molecular weight is 587 g/mol. The van der Waals surface area contributed by atoms with Gasteiger partial charge in [-0.3, -0.25) is 4.79 Å². The lowest BCUT2D eigenvalue weighted by Gasteiger charge is -2.71. The van der Waals surface area contributed by atoms with Gasteiger partial charge in [0.05, 0.1) is 18.1 Å². The van der Waals surface area contributed by atoms with Crippen LogP contribution in [0.15, 0.2) is 11.6 Å². The van der Waals surface area contributed by atoms with Gasteiger partial charge in [0.2, 0.25) is 0 Å². The molecule has 0 spiro atoms. The molecule has 6 rings (SSSR count). The van der Waals surface area contributed by atoms with Gasteiger partial charge in [-0.15, -0.1) is 0 Å². The predicted molar refractivity (Wildman–Crippen MR) is 163 cm³/mol. The van der Waals surface area contributed by atoms with Crippen molar-refractivity contribution in [2.75, 3.05) is 6.61 Å². The lowest BCUT2D eigenvalue weighted by Crippen LogP contribution is -2.64. The van der Waals surface area contributed by atoms with Crippen molar-refractivity contribution >= 4 is 5.97 Å². The highest BCUT2D eigenvalue weighted by Crippen LogP contribution is 2.76. The summed E-state index contributed by atoms with van der Waals surface area (Å²) in [5.74, 6) is 1.06. The molecule has 6 aliphatic rings. The van der Waals surface area contributed by atoms with Crippen LogP contribution in [0.5, 0.6) is 0 Å². The number of carboxylic acid groups (broad SMARTS) is 1. The molecule has 6 heteroatoms. The highest BCUT2D eigenvalue weighted by molar-refractivity contribution is 5.76. The molecular weight excluding hydrogens is 528 g/mol. The van der Waals surface area contributed by atoms with E-state index in [9.17, 15) is 25.2 Å². The Morgan fingerprint density at radius 3 is 2.26 bits per heavy atom. The Bertz CT molecular complexity index is 1130. The van der Waals surface area contributed by atoms with Crippen LogP contribution in [-0.2, 0) is 9.53 Å². The molecule has 12 atom stereocenters. The van der Waals surface area contributed by atoms with E-state index in [-0.39, 0.29) is 39.6 Å². The maximum Gasteiger partial charge on any atom is 0.310 e. The van der Waals surface area contributed by atoms with Gasteiger partial charge >= 0.3 is 5.97 Å². The fraction of sp³-hybridized carbons (Fsp3) is 0.917. The number of aliphatic carboxylic acids is 1. The Labute approximate surface area is 253 Å². The van der Waals surface area contributed by atoms with Crippen LogP contribution in [0.4, 0.5) is 0 Å². The summed E-state index contributed by atoms with van der Waals surface area (Å²) in [6, 6.07) is 0. The largest absolute Gasteiger partial charge is 0.481 e. The molecule has 0 radical (unpaired) electrons. The molecule has 0 amide bonds. The molecular formula is C36H58O6. The van der Waals surface area contributed by atoms with Gasteiger partial charge < -0.3 is 25.2 Å². The Morgan fingerprint density at radius 1 is 0.881 bits per heavy atom. The minimum absolute atomic E-state index is 0.0267. The first-order chi connectivity index (χ1) is 19.4. The van der Waals surface area contributed by atoms with E-state index in [1.54, 1.807) is 0 Å². The monoisotopic (exact) mass is 586 g/mol. The zero-order valence-electron chi connectivity index (χ0n) is 27.3. The van der Waals surface area contributed by atoms with Crippen molar-refractivity contribution in [2.45, 2.75) is 144 Å². The van der Waals surface area contributed by atoms with Crippen molar-refractivity contribution in [3.05, 3.63) is 11.6 Å². The summed E-state index contributed by atoms with van der Waals surface area (Å²) in [5, 5.41) is 41.6. The molecule has 0 aromatic heterocycles. The van der Waals surface area contributed by atoms with E-state index < -0.39 is 35.8 Å². The summed E-state index contributed by atoms with van der Waals surface area (Å²) in [6.07, 6.45) is 9.78. The van der Waals surface area contributed by atoms with Gasteiger partial charge in [-0.25, -0.2) is 0 Å². The van der Waals surface area contributed by atoms with Crippen LogP contribution in [0.1, 0.15) is 119 Å². The third-order valence-corrected chi connectivity index (χ3v) is 15.4. The van der Waals surface area contributed by atoms with E-state index in [1.165, 1.54) is 18.4 Å². The number of allylic oxidation sites excluding steroid dienone is 2. The molecule has 5 aliphatic carbocycles. The summed E-state index contributed by atoms with van der Waals surface area (Å²) in [7, 11) is 0. The molecule has 1 saturated heterocycles. The van der Waals surface area contributed by atoms with Gasteiger partial charge in [0.15, 0.2) is 0 Å². The van der Waals surface area contributed by atoms with E-state index in [1.807, 2.05) is 0 Å². The quantitative estimate of drug-likeness (QED) is 0.287. The van der Waals surface area contributed by atoms with E-state index >= 15 is 0 Å². The van der Waals surface area contributed by atoms with Crippen molar-refractivity contribution in [3.63, 3.8) is 0 Å². The molecule has 6 nitrogen and oxygen atoms in total. The molecule has 0 aromatic rings. The standard InChI is InChI=1S/C36H58O6/c1-31(2)14-16-36(30(40)41)17-15-34(6)22(23(36)19-31)8-9-27-33(5)12-10-21(18-25-29(39)28(38)24(37)20-42-25)32(3,4)26(33)11-13-35(27,34)7/h8,21,23-29,37-39H,9-20H2,1-7H3,(H,40,41)/t21-,23?,24-,25+,26?,27?,28+,29?,33+,34-,35-,36+/m1/s1. The lowest BCUT2D eigenvalue weighted by atomic mass is 9.33. The number of aliphatic hydroxyl groups is 3. The molecule has 4 saturated carbocycles. The minimum Gasteiger partial charge on any atom is -0.481 e. The second kappa shape index (κ2) is 9.77. The first kappa shape index (κ1) is 31.0. The Kier molecular flexibility index (Phi) is 7.23. The van der Waals surface area contributed by atoms with Crippen LogP contribution in [0, 0.1) is 56.2 Å². The van der Waals surface area contributed by atoms with Crippen molar-refractivity contribution < 1.29 is 30.0 Å². The minimum atomic E-state index is -1.15. The first-order valence-electron chi connectivity index (χ1n) is 17.0. The van der Waals surface area contributed by atoms with Gasteiger partial charge in [0.1, 0.15) is 18.3 Å². The van der Waals surface area contributed by atoms with Crippen LogP contribution in [0.2, 0.25) is 0 Å². The predicted octanol–water partition coefficient (Wildman–Crippen LogP) is 6.36. The molecule has 4 unspecified atom stereocenters. The number of hydrogen-bond acceptors (Lipinski definition) is 5. The second-order valence-corrected chi connectivity index (χ2v) is 17.9. The van der Waals surface area contributed by atoms with Crippen LogP contribution < -0.4 is 0 Å². The summed E-state index contributed by atoms with van der Waals surface area (Å²) < 4.78 is 5.88. The summed E-state index contributed by atoms with van der Waals surface area (Å²) in [5.41, 5.74) is 1.48. The normalized spacial score (nSPS) is 53.0. The Hall–Kier alpha value is -0.950. The molecule has 5 fully saturated rings. The van der Waals surface area contributed by atoms with Gasteiger partial charge in [-0.05, 0) is 121 Å². The SMILES string of the molecule is CC1(C)CC[C@]2(C(=O)O)CC[C@]3(C)C(=CCC4[C@@]5(C)CC[C@H](C[C@@H]6OC[C@@H](O)[C@H](O)C6O)C(C)(C)C5CC[C@]43C)C2C1. The second-order valence-electron chi connectivity index (χ2n) is 17.9. The zero-order chi connectivity index (χ0) is 30.7. The summed E-state index contributed by atoms with van der Waals surface area (Å²) in [6.45, 7) is 17.3. The van der Waals surface area contributed by atoms with E-state index in [4.69, 9.17) is 4.74 Å². The number of rotatable bonds is 3. The first-order valence-corrected chi connectivity index (χ1v) is 17.0. The van der Waals surface area contributed by atoms with Gasteiger partial charge in [0.25, 0.3) is 0 Å².